The van der Waals surface area contributed by atoms with Crippen molar-refractivity contribution in [3.8, 4) is 12.0 Å². The van der Waals surface area contributed by atoms with E-state index in [0.717, 1.165) is 24.1 Å². The van der Waals surface area contributed by atoms with Crippen LogP contribution in [0.3, 0.4) is 0 Å². The highest BCUT2D eigenvalue weighted by Crippen LogP contribution is 1.88. The number of rotatable bonds is 3. The van der Waals surface area contributed by atoms with Crippen molar-refractivity contribution >= 4 is 0 Å². The summed E-state index contributed by atoms with van der Waals surface area (Å²) >= 11 is 0. The SMILES string of the molecule is CCC#COCC[N+](C)(C)C. The Morgan fingerprint density at radius 3 is 2.36 bits per heavy atom. The van der Waals surface area contributed by atoms with E-state index in [0.29, 0.717) is 0 Å². The van der Waals surface area contributed by atoms with Crippen molar-refractivity contribution < 1.29 is 9.22 Å². The Labute approximate surface area is 69.7 Å². The van der Waals surface area contributed by atoms with Crippen LogP contribution in [0, 0.1) is 12.0 Å². The minimum Gasteiger partial charge on any atom is -0.441 e. The van der Waals surface area contributed by atoms with Crippen LogP contribution < -0.4 is 0 Å². The third-order valence-corrected chi connectivity index (χ3v) is 1.19. The van der Waals surface area contributed by atoms with E-state index in [1.807, 2.05) is 6.92 Å². The second-order valence-corrected chi connectivity index (χ2v) is 3.49. The standard InChI is InChI=1S/C9H18NO/c1-5-6-8-11-9-7-10(2,3)4/h5,7,9H2,1-4H3/q+1. The molecule has 0 atom stereocenters. The lowest BCUT2D eigenvalue weighted by Crippen LogP contribution is -2.37. The summed E-state index contributed by atoms with van der Waals surface area (Å²) in [6.45, 7) is 3.73. The molecule has 0 bridgehead atoms. The minimum absolute atomic E-state index is 0.719. The van der Waals surface area contributed by atoms with Crippen LogP contribution in [0.1, 0.15) is 13.3 Å². The van der Waals surface area contributed by atoms with Gasteiger partial charge in [0.2, 0.25) is 0 Å². The Balaban J connectivity index is 3.28. The largest absolute Gasteiger partial charge is 0.441 e. The van der Waals surface area contributed by atoms with Crippen LogP contribution in [0.15, 0.2) is 0 Å². The number of likely N-dealkylation sites (N-methyl/N-ethyl adjacent to an activating group) is 1. The van der Waals surface area contributed by atoms with Crippen molar-refractivity contribution in [1.82, 2.24) is 0 Å². The predicted molar refractivity (Wildman–Crippen MR) is 46.9 cm³/mol. The highest BCUT2D eigenvalue weighted by molar-refractivity contribution is 4.89. The van der Waals surface area contributed by atoms with Crippen LogP contribution in [-0.2, 0) is 4.74 Å². The van der Waals surface area contributed by atoms with Crippen molar-refractivity contribution in [2.24, 2.45) is 0 Å². The Bertz CT molecular complexity index is 147. The number of hydrogen-bond acceptors (Lipinski definition) is 1. The Morgan fingerprint density at radius 1 is 1.27 bits per heavy atom. The topological polar surface area (TPSA) is 9.23 Å². The quantitative estimate of drug-likeness (QED) is 0.337. The van der Waals surface area contributed by atoms with E-state index in [9.17, 15) is 0 Å². The molecule has 0 spiro atoms. The number of nitrogens with zero attached hydrogens (tertiary/aromatic N) is 1. The molecule has 0 aliphatic heterocycles. The van der Waals surface area contributed by atoms with Crippen molar-refractivity contribution in [2.75, 3.05) is 34.3 Å². The fourth-order valence-corrected chi connectivity index (χ4v) is 0.494. The van der Waals surface area contributed by atoms with Gasteiger partial charge in [-0.25, -0.2) is 0 Å². The van der Waals surface area contributed by atoms with Crippen LogP contribution >= 0.6 is 0 Å². The molecular formula is C9H18NO+. The molecule has 2 nitrogen and oxygen atoms in total. The van der Waals surface area contributed by atoms with Gasteiger partial charge in [0.05, 0.1) is 21.1 Å². The number of hydrogen-bond donors (Lipinski definition) is 0. The van der Waals surface area contributed by atoms with Gasteiger partial charge in [-0.3, -0.25) is 0 Å². The average molecular weight is 156 g/mol. The van der Waals surface area contributed by atoms with Gasteiger partial charge < -0.3 is 9.22 Å². The molecule has 0 heterocycles. The molecule has 0 amide bonds. The molecule has 64 valence electrons. The lowest BCUT2D eigenvalue weighted by molar-refractivity contribution is -0.870. The zero-order valence-corrected chi connectivity index (χ0v) is 7.98. The fraction of sp³-hybridized carbons (Fsp3) is 0.778. The van der Waals surface area contributed by atoms with Crippen LogP contribution in [0.2, 0.25) is 0 Å². The molecule has 0 aromatic rings. The molecule has 0 aromatic carbocycles. The summed E-state index contributed by atoms with van der Waals surface area (Å²) in [5.41, 5.74) is 0. The monoisotopic (exact) mass is 156 g/mol. The fourth-order valence-electron chi connectivity index (χ4n) is 0.494. The zero-order valence-electron chi connectivity index (χ0n) is 7.98. The molecule has 0 fully saturated rings. The molecular weight excluding hydrogens is 138 g/mol. The van der Waals surface area contributed by atoms with Crippen molar-refractivity contribution in [3.63, 3.8) is 0 Å². The van der Waals surface area contributed by atoms with E-state index in [-0.39, 0.29) is 0 Å². The van der Waals surface area contributed by atoms with E-state index in [1.165, 1.54) is 0 Å². The smallest absolute Gasteiger partial charge is 0.149 e. The van der Waals surface area contributed by atoms with E-state index < -0.39 is 0 Å². The van der Waals surface area contributed by atoms with Gasteiger partial charge in [0, 0.05) is 6.42 Å². The summed E-state index contributed by atoms with van der Waals surface area (Å²) in [5.74, 6) is 2.86. The summed E-state index contributed by atoms with van der Waals surface area (Å²) in [7, 11) is 6.41. The molecule has 11 heavy (non-hydrogen) atoms. The van der Waals surface area contributed by atoms with Gasteiger partial charge in [-0.15, -0.1) is 0 Å². The molecule has 0 unspecified atom stereocenters. The maximum absolute atomic E-state index is 5.07. The van der Waals surface area contributed by atoms with Gasteiger partial charge in [-0.2, -0.15) is 0 Å². The van der Waals surface area contributed by atoms with E-state index in [1.54, 1.807) is 0 Å². The van der Waals surface area contributed by atoms with Crippen LogP contribution in [0.4, 0.5) is 0 Å². The van der Waals surface area contributed by atoms with Gasteiger partial charge in [0.25, 0.3) is 0 Å². The van der Waals surface area contributed by atoms with Gasteiger partial charge in [0.15, 0.2) is 0 Å². The lowest BCUT2D eigenvalue weighted by Gasteiger charge is -2.22. The third kappa shape index (κ3) is 9.32. The molecule has 0 aliphatic rings. The first-order chi connectivity index (χ1) is 5.06. The normalized spacial score (nSPS) is 10.2. The highest BCUT2D eigenvalue weighted by atomic mass is 16.5. The second-order valence-electron chi connectivity index (χ2n) is 3.49. The molecule has 0 aromatic heterocycles. The van der Waals surface area contributed by atoms with E-state index in [4.69, 9.17) is 4.74 Å². The summed E-state index contributed by atoms with van der Waals surface area (Å²) in [5, 5.41) is 0. The van der Waals surface area contributed by atoms with Crippen molar-refractivity contribution in [1.29, 1.82) is 0 Å². The molecule has 2 heteroatoms. The van der Waals surface area contributed by atoms with Crippen LogP contribution in [0.5, 0.6) is 0 Å². The first kappa shape index (κ1) is 10.3. The van der Waals surface area contributed by atoms with Crippen molar-refractivity contribution in [2.45, 2.75) is 13.3 Å². The summed E-state index contributed by atoms with van der Waals surface area (Å²) in [4.78, 5) is 0. The Hall–Kier alpha value is -0.680. The predicted octanol–water partition coefficient (Wildman–Crippen LogP) is 1.08. The lowest BCUT2D eigenvalue weighted by atomic mass is 10.5. The maximum atomic E-state index is 5.07. The minimum atomic E-state index is 0.719. The van der Waals surface area contributed by atoms with Crippen molar-refractivity contribution in [3.05, 3.63) is 0 Å². The third-order valence-electron chi connectivity index (χ3n) is 1.19. The average Bonchev–Trinajstić information content (AvgIpc) is 1.85. The molecule has 0 rings (SSSR count). The summed E-state index contributed by atoms with van der Waals surface area (Å²) < 4.78 is 6.00. The molecule has 0 radical (unpaired) electrons. The van der Waals surface area contributed by atoms with Gasteiger partial charge in [-0.05, 0) is 0 Å². The zero-order chi connectivity index (χ0) is 8.74. The summed E-state index contributed by atoms with van der Waals surface area (Å²) in [6, 6.07) is 0. The highest BCUT2D eigenvalue weighted by Gasteiger charge is 2.04. The Morgan fingerprint density at radius 2 is 1.91 bits per heavy atom. The number of ether oxygens (including phenoxy) is 1. The van der Waals surface area contributed by atoms with Crippen LogP contribution in [0.25, 0.3) is 0 Å². The van der Waals surface area contributed by atoms with Gasteiger partial charge in [0.1, 0.15) is 19.3 Å². The summed E-state index contributed by atoms with van der Waals surface area (Å²) in [6.07, 6.45) is 3.51. The molecule has 0 saturated carbocycles. The first-order valence-electron chi connectivity index (χ1n) is 3.96. The van der Waals surface area contributed by atoms with Crippen LogP contribution in [-0.4, -0.2) is 38.8 Å². The molecule has 0 aliphatic carbocycles. The van der Waals surface area contributed by atoms with E-state index in [2.05, 4.69) is 33.2 Å². The number of quaternary nitrogens is 1. The Kier molecular flexibility index (Phi) is 4.72. The van der Waals surface area contributed by atoms with Gasteiger partial charge >= 0.3 is 0 Å². The van der Waals surface area contributed by atoms with Gasteiger partial charge in [-0.1, -0.05) is 12.8 Å². The second kappa shape index (κ2) is 5.03. The maximum Gasteiger partial charge on any atom is 0.149 e. The van der Waals surface area contributed by atoms with E-state index >= 15 is 0 Å². The molecule has 0 N–H and O–H groups in total. The first-order valence-corrected chi connectivity index (χ1v) is 3.96. The molecule has 0 saturated heterocycles.